The molecule has 0 N–H and O–H groups in total. The van der Waals surface area contributed by atoms with Crippen molar-refractivity contribution in [1.29, 1.82) is 0 Å². The van der Waals surface area contributed by atoms with Crippen molar-refractivity contribution in [2.24, 2.45) is 10.9 Å². The van der Waals surface area contributed by atoms with Gasteiger partial charge in [0.25, 0.3) is 0 Å². The summed E-state index contributed by atoms with van der Waals surface area (Å²) < 4.78 is 9.99. The molecule has 0 fully saturated rings. The molecule has 1 aliphatic rings. The summed E-state index contributed by atoms with van der Waals surface area (Å²) in [6.07, 6.45) is 1.57. The lowest BCUT2D eigenvalue weighted by atomic mass is 9.89. The summed E-state index contributed by atoms with van der Waals surface area (Å²) in [6, 6.07) is 3.57. The first-order valence-electron chi connectivity index (χ1n) is 4.85. The molecule has 0 aliphatic carbocycles. The Balaban J connectivity index is 2.27. The van der Waals surface area contributed by atoms with Gasteiger partial charge in [0.1, 0.15) is 5.71 Å². The second kappa shape index (κ2) is 3.22. The molecule has 0 radical (unpaired) electrons. The molecule has 4 nitrogen and oxygen atoms in total. The molecule has 0 saturated carbocycles. The van der Waals surface area contributed by atoms with Crippen LogP contribution >= 0.6 is 0 Å². The first-order valence-corrected chi connectivity index (χ1v) is 4.85. The number of esters is 1. The minimum atomic E-state index is -0.813. The van der Waals surface area contributed by atoms with Crippen LogP contribution in [0.3, 0.4) is 0 Å². The summed E-state index contributed by atoms with van der Waals surface area (Å²) in [7, 11) is 1.38. The normalized spacial score (nSPS) is 23.9. The molecule has 1 atom stereocenters. The highest BCUT2D eigenvalue weighted by Gasteiger charge is 2.59. The van der Waals surface area contributed by atoms with E-state index in [0.29, 0.717) is 11.5 Å². The molecule has 0 aromatic carbocycles. The second-order valence-corrected chi connectivity index (χ2v) is 3.85. The van der Waals surface area contributed by atoms with E-state index in [2.05, 4.69) is 4.99 Å². The molecule has 2 rings (SSSR count). The SMILES string of the molecule is COC(=O)C1(C(C)C)N=C1c1ccco1. The third kappa shape index (κ3) is 1.28. The highest BCUT2D eigenvalue weighted by atomic mass is 16.5. The second-order valence-electron chi connectivity index (χ2n) is 3.85. The maximum absolute atomic E-state index is 11.7. The van der Waals surface area contributed by atoms with Crippen molar-refractivity contribution in [3.63, 3.8) is 0 Å². The molecule has 0 saturated heterocycles. The lowest BCUT2D eigenvalue weighted by Gasteiger charge is -2.15. The summed E-state index contributed by atoms with van der Waals surface area (Å²) in [5, 5.41) is 0. The van der Waals surface area contributed by atoms with Gasteiger partial charge < -0.3 is 9.15 Å². The van der Waals surface area contributed by atoms with Crippen LogP contribution in [0.2, 0.25) is 0 Å². The minimum Gasteiger partial charge on any atom is -0.467 e. The van der Waals surface area contributed by atoms with Gasteiger partial charge in [-0.25, -0.2) is 4.79 Å². The summed E-state index contributed by atoms with van der Waals surface area (Å²) in [4.78, 5) is 15.9. The Morgan fingerprint density at radius 1 is 1.60 bits per heavy atom. The van der Waals surface area contributed by atoms with Crippen LogP contribution in [0, 0.1) is 5.92 Å². The number of carbonyl (C=O) groups excluding carboxylic acids is 1. The number of ether oxygens (including phenoxy) is 1. The van der Waals surface area contributed by atoms with E-state index in [1.165, 1.54) is 7.11 Å². The summed E-state index contributed by atoms with van der Waals surface area (Å²) in [6.45, 7) is 3.88. The van der Waals surface area contributed by atoms with Gasteiger partial charge in [-0.3, -0.25) is 4.99 Å². The fraction of sp³-hybridized carbons (Fsp3) is 0.455. The van der Waals surface area contributed by atoms with Gasteiger partial charge in [0, 0.05) is 0 Å². The first-order chi connectivity index (χ1) is 7.13. The van der Waals surface area contributed by atoms with E-state index in [0.717, 1.165) is 0 Å². The molecule has 0 bridgehead atoms. The van der Waals surface area contributed by atoms with E-state index in [1.807, 2.05) is 13.8 Å². The van der Waals surface area contributed by atoms with E-state index >= 15 is 0 Å². The largest absolute Gasteiger partial charge is 0.467 e. The third-order valence-corrected chi connectivity index (χ3v) is 2.69. The topological polar surface area (TPSA) is 51.8 Å². The molecule has 0 spiro atoms. The molecular formula is C11H13NO3. The van der Waals surface area contributed by atoms with Crippen LogP contribution < -0.4 is 0 Å². The van der Waals surface area contributed by atoms with Crippen LogP contribution in [0.4, 0.5) is 0 Å². The molecule has 1 aliphatic heterocycles. The fourth-order valence-corrected chi connectivity index (χ4v) is 1.74. The fourth-order valence-electron chi connectivity index (χ4n) is 1.74. The Labute approximate surface area is 87.9 Å². The average Bonchev–Trinajstić information content (AvgIpc) is 2.76. The van der Waals surface area contributed by atoms with Crippen LogP contribution in [0.1, 0.15) is 19.6 Å². The quantitative estimate of drug-likeness (QED) is 0.708. The van der Waals surface area contributed by atoms with Crippen molar-refractivity contribution in [1.82, 2.24) is 0 Å². The number of hydrogen-bond acceptors (Lipinski definition) is 4. The van der Waals surface area contributed by atoms with E-state index in [9.17, 15) is 4.79 Å². The van der Waals surface area contributed by atoms with E-state index < -0.39 is 5.54 Å². The number of nitrogens with zero attached hydrogens (tertiary/aromatic N) is 1. The van der Waals surface area contributed by atoms with Gasteiger partial charge >= 0.3 is 5.97 Å². The number of methoxy groups -OCH3 is 1. The molecule has 1 unspecified atom stereocenters. The van der Waals surface area contributed by atoms with Crippen molar-refractivity contribution in [3.05, 3.63) is 24.2 Å². The zero-order valence-electron chi connectivity index (χ0n) is 8.98. The van der Waals surface area contributed by atoms with Crippen molar-refractivity contribution in [2.75, 3.05) is 7.11 Å². The zero-order valence-corrected chi connectivity index (χ0v) is 8.98. The standard InChI is InChI=1S/C11H13NO3/c1-7(2)11(10(13)14-3)9(12-11)8-5-4-6-15-8/h4-7H,1-3H3. The van der Waals surface area contributed by atoms with Gasteiger partial charge in [0.2, 0.25) is 5.54 Å². The predicted molar refractivity (Wildman–Crippen MR) is 54.8 cm³/mol. The average molecular weight is 207 g/mol. The smallest absolute Gasteiger partial charge is 0.340 e. The Hall–Kier alpha value is -1.58. The summed E-state index contributed by atoms with van der Waals surface area (Å²) in [5.41, 5.74) is -0.124. The Kier molecular flexibility index (Phi) is 2.14. The number of hydrogen-bond donors (Lipinski definition) is 0. The van der Waals surface area contributed by atoms with Gasteiger partial charge in [-0.2, -0.15) is 0 Å². The van der Waals surface area contributed by atoms with Gasteiger partial charge in [0.15, 0.2) is 5.76 Å². The van der Waals surface area contributed by atoms with Gasteiger partial charge in [-0.1, -0.05) is 13.8 Å². The predicted octanol–water partition coefficient (Wildman–Crippen LogP) is 1.65. The molecule has 1 aromatic rings. The number of aliphatic imine (C=N–C) groups is 1. The molecule has 4 heteroatoms. The molecule has 80 valence electrons. The van der Waals surface area contributed by atoms with Crippen LogP contribution in [-0.2, 0) is 9.53 Å². The zero-order chi connectivity index (χ0) is 11.1. The van der Waals surface area contributed by atoms with Crippen molar-refractivity contribution in [2.45, 2.75) is 19.4 Å². The minimum absolute atomic E-state index is 0.0741. The summed E-state index contributed by atoms with van der Waals surface area (Å²) >= 11 is 0. The molecule has 0 amide bonds. The molecular weight excluding hydrogens is 194 g/mol. The Bertz CT molecular complexity index is 405. The van der Waals surface area contributed by atoms with Crippen LogP contribution in [0.5, 0.6) is 0 Å². The number of rotatable bonds is 3. The Morgan fingerprint density at radius 2 is 2.33 bits per heavy atom. The van der Waals surface area contributed by atoms with Crippen molar-refractivity contribution in [3.8, 4) is 0 Å². The number of furan rings is 1. The van der Waals surface area contributed by atoms with Crippen LogP contribution in [0.25, 0.3) is 0 Å². The van der Waals surface area contributed by atoms with E-state index in [-0.39, 0.29) is 11.9 Å². The maximum Gasteiger partial charge on any atom is 0.340 e. The monoisotopic (exact) mass is 207 g/mol. The first kappa shape index (κ1) is 9.96. The van der Waals surface area contributed by atoms with E-state index in [1.54, 1.807) is 18.4 Å². The van der Waals surface area contributed by atoms with Gasteiger partial charge in [0.05, 0.1) is 13.4 Å². The lowest BCUT2D eigenvalue weighted by Crippen LogP contribution is -2.37. The lowest BCUT2D eigenvalue weighted by molar-refractivity contribution is -0.144. The Morgan fingerprint density at radius 3 is 2.80 bits per heavy atom. The highest BCUT2D eigenvalue weighted by Crippen LogP contribution is 2.40. The van der Waals surface area contributed by atoms with Gasteiger partial charge in [-0.15, -0.1) is 0 Å². The van der Waals surface area contributed by atoms with Crippen molar-refractivity contribution < 1.29 is 13.9 Å². The van der Waals surface area contributed by atoms with E-state index in [4.69, 9.17) is 9.15 Å². The van der Waals surface area contributed by atoms with Gasteiger partial charge in [-0.05, 0) is 18.1 Å². The third-order valence-electron chi connectivity index (χ3n) is 2.69. The highest BCUT2D eigenvalue weighted by molar-refractivity contribution is 6.28. The summed E-state index contributed by atoms with van der Waals surface area (Å²) in [5.74, 6) is 0.406. The van der Waals surface area contributed by atoms with Crippen molar-refractivity contribution >= 4 is 11.7 Å². The molecule has 2 heterocycles. The number of carbonyl (C=O) groups is 1. The molecule has 15 heavy (non-hydrogen) atoms. The van der Waals surface area contributed by atoms with Crippen LogP contribution in [-0.4, -0.2) is 24.3 Å². The van der Waals surface area contributed by atoms with Crippen LogP contribution in [0.15, 0.2) is 27.8 Å². The molecule has 1 aromatic heterocycles. The maximum atomic E-state index is 11.7.